The van der Waals surface area contributed by atoms with Crippen LogP contribution < -0.4 is 9.47 Å². The molecule has 2 heterocycles. The van der Waals surface area contributed by atoms with Crippen LogP contribution in [-0.2, 0) is 4.79 Å². The monoisotopic (exact) mass is 337 g/mol. The van der Waals surface area contributed by atoms with E-state index in [2.05, 4.69) is 4.98 Å². The predicted molar refractivity (Wildman–Crippen MR) is 93.4 cm³/mol. The maximum Gasteiger partial charge on any atom is 0.316 e. The summed E-state index contributed by atoms with van der Waals surface area (Å²) in [6.45, 7) is 7.14. The molecule has 0 unspecified atom stereocenters. The van der Waals surface area contributed by atoms with Gasteiger partial charge < -0.3 is 9.47 Å². The Morgan fingerprint density at radius 2 is 1.88 bits per heavy atom. The molecular weight excluding hydrogens is 318 g/mol. The van der Waals surface area contributed by atoms with E-state index in [1.54, 1.807) is 70.4 Å². The molecule has 0 atom stereocenters. The molecule has 0 N–H and O–H groups in total. The lowest BCUT2D eigenvalue weighted by molar-refractivity contribution is -0.143. The second-order valence-corrected chi connectivity index (χ2v) is 6.97. The summed E-state index contributed by atoms with van der Waals surface area (Å²) in [4.78, 5) is 28.6. The number of fused-ring (bicyclic) bond motifs is 1. The Bertz CT molecular complexity index is 877. The second kappa shape index (κ2) is 6.16. The summed E-state index contributed by atoms with van der Waals surface area (Å²) >= 11 is 0. The molecule has 0 saturated heterocycles. The number of nitrogens with zero attached hydrogens (tertiary/aromatic N) is 1. The first kappa shape index (κ1) is 16.9. The number of esters is 1. The third kappa shape index (κ3) is 3.45. The van der Waals surface area contributed by atoms with Crippen molar-refractivity contribution in [3.8, 4) is 11.5 Å². The molecule has 25 heavy (non-hydrogen) atoms. The first-order chi connectivity index (χ1) is 11.8. The third-order valence-electron chi connectivity index (χ3n) is 3.77. The van der Waals surface area contributed by atoms with Gasteiger partial charge >= 0.3 is 5.97 Å². The van der Waals surface area contributed by atoms with Gasteiger partial charge in [0.05, 0.1) is 11.0 Å². The standard InChI is InChI=1S/C20H19NO4/c1-12-9-14(24-19(23)20(2,3)4)11-15-17(12)18(22)16(25-15)10-13-5-7-21-8-6-13/h5-11H,1-4H3/b16-10-. The second-order valence-electron chi connectivity index (χ2n) is 6.97. The Kier molecular flexibility index (Phi) is 4.17. The number of pyridine rings is 1. The average molecular weight is 337 g/mol. The van der Waals surface area contributed by atoms with Crippen LogP contribution in [0.15, 0.2) is 42.4 Å². The first-order valence-corrected chi connectivity index (χ1v) is 7.97. The summed E-state index contributed by atoms with van der Waals surface area (Å²) in [6.07, 6.45) is 4.97. The van der Waals surface area contributed by atoms with Gasteiger partial charge in [-0.2, -0.15) is 0 Å². The normalized spacial score (nSPS) is 15.0. The lowest BCUT2D eigenvalue weighted by Crippen LogP contribution is -2.25. The van der Waals surface area contributed by atoms with Crippen molar-refractivity contribution in [2.24, 2.45) is 5.41 Å². The zero-order valence-electron chi connectivity index (χ0n) is 14.6. The van der Waals surface area contributed by atoms with Crippen LogP contribution >= 0.6 is 0 Å². The first-order valence-electron chi connectivity index (χ1n) is 7.97. The molecular formula is C20H19NO4. The number of carbonyl (C=O) groups is 2. The largest absolute Gasteiger partial charge is 0.452 e. The van der Waals surface area contributed by atoms with Crippen LogP contribution in [0, 0.1) is 12.3 Å². The minimum atomic E-state index is -0.615. The maximum atomic E-state index is 12.6. The summed E-state index contributed by atoms with van der Waals surface area (Å²) in [5, 5.41) is 0. The summed E-state index contributed by atoms with van der Waals surface area (Å²) < 4.78 is 11.1. The molecule has 128 valence electrons. The highest BCUT2D eigenvalue weighted by Crippen LogP contribution is 2.38. The zero-order valence-corrected chi connectivity index (χ0v) is 14.6. The molecule has 1 aliphatic heterocycles. The average Bonchev–Trinajstić information content (AvgIpc) is 2.83. The number of rotatable bonds is 2. The zero-order chi connectivity index (χ0) is 18.2. The molecule has 5 nitrogen and oxygen atoms in total. The van der Waals surface area contributed by atoms with Gasteiger partial charge in [0.25, 0.3) is 0 Å². The van der Waals surface area contributed by atoms with Gasteiger partial charge in [-0.1, -0.05) is 0 Å². The van der Waals surface area contributed by atoms with Crippen molar-refractivity contribution in [3.05, 3.63) is 59.1 Å². The fraction of sp³-hybridized carbons (Fsp3) is 0.250. The predicted octanol–water partition coefficient (Wildman–Crippen LogP) is 3.96. The molecule has 1 aromatic carbocycles. The lowest BCUT2D eigenvalue weighted by atomic mass is 9.97. The van der Waals surface area contributed by atoms with Gasteiger partial charge in [0.15, 0.2) is 5.76 Å². The molecule has 1 aliphatic rings. The summed E-state index contributed by atoms with van der Waals surface area (Å²) in [5.41, 5.74) is 1.41. The Hall–Kier alpha value is -2.95. The molecule has 0 aliphatic carbocycles. The van der Waals surface area contributed by atoms with Crippen LogP contribution in [0.2, 0.25) is 0 Å². The smallest absolute Gasteiger partial charge is 0.316 e. The van der Waals surface area contributed by atoms with Crippen molar-refractivity contribution >= 4 is 17.8 Å². The van der Waals surface area contributed by atoms with Crippen LogP contribution in [0.4, 0.5) is 0 Å². The van der Waals surface area contributed by atoms with E-state index in [-0.39, 0.29) is 17.5 Å². The number of allylic oxidation sites excluding steroid dienone is 1. The van der Waals surface area contributed by atoms with E-state index in [4.69, 9.17) is 9.47 Å². The number of ketones is 1. The van der Waals surface area contributed by atoms with Crippen LogP contribution in [0.5, 0.6) is 11.5 Å². The quantitative estimate of drug-likeness (QED) is 0.471. The number of benzene rings is 1. The van der Waals surface area contributed by atoms with Gasteiger partial charge in [-0.05, 0) is 63.1 Å². The van der Waals surface area contributed by atoms with Gasteiger partial charge in [0, 0.05) is 18.5 Å². The summed E-state index contributed by atoms with van der Waals surface area (Å²) in [5.74, 6) is 0.487. The van der Waals surface area contributed by atoms with E-state index >= 15 is 0 Å². The Morgan fingerprint density at radius 1 is 1.20 bits per heavy atom. The number of Topliss-reactive ketones (excluding diaryl/α,β-unsaturated/α-hetero) is 1. The number of hydrogen-bond donors (Lipinski definition) is 0. The molecule has 0 amide bonds. The summed E-state index contributed by atoms with van der Waals surface area (Å²) in [7, 11) is 0. The Balaban J connectivity index is 1.92. The van der Waals surface area contributed by atoms with Crippen molar-refractivity contribution in [2.45, 2.75) is 27.7 Å². The van der Waals surface area contributed by atoms with E-state index < -0.39 is 5.41 Å². The van der Waals surface area contributed by atoms with Crippen LogP contribution in [-0.4, -0.2) is 16.7 Å². The van der Waals surface area contributed by atoms with Crippen molar-refractivity contribution in [3.63, 3.8) is 0 Å². The highest BCUT2D eigenvalue weighted by molar-refractivity contribution is 6.15. The number of aromatic nitrogens is 1. The van der Waals surface area contributed by atoms with Crippen molar-refractivity contribution < 1.29 is 19.1 Å². The molecule has 0 saturated carbocycles. The lowest BCUT2D eigenvalue weighted by Gasteiger charge is -2.16. The van der Waals surface area contributed by atoms with Crippen molar-refractivity contribution in [2.75, 3.05) is 0 Å². The van der Waals surface area contributed by atoms with E-state index in [1.165, 1.54) is 0 Å². The molecule has 0 fully saturated rings. The SMILES string of the molecule is Cc1cc(OC(=O)C(C)(C)C)cc2c1C(=O)/C(=C/c1ccncc1)O2. The number of ether oxygens (including phenoxy) is 2. The molecule has 1 aromatic heterocycles. The number of hydrogen-bond acceptors (Lipinski definition) is 5. The molecule has 0 radical (unpaired) electrons. The molecule has 0 spiro atoms. The van der Waals surface area contributed by atoms with Crippen molar-refractivity contribution in [1.82, 2.24) is 4.98 Å². The maximum absolute atomic E-state index is 12.6. The molecule has 5 heteroatoms. The number of aryl methyl sites for hydroxylation is 1. The van der Waals surface area contributed by atoms with E-state index in [0.717, 1.165) is 5.56 Å². The van der Waals surface area contributed by atoms with Crippen molar-refractivity contribution in [1.29, 1.82) is 0 Å². The molecule has 0 bridgehead atoms. The van der Waals surface area contributed by atoms with E-state index in [1.807, 2.05) is 0 Å². The van der Waals surface area contributed by atoms with E-state index in [9.17, 15) is 9.59 Å². The van der Waals surface area contributed by atoms with Crippen LogP contribution in [0.25, 0.3) is 6.08 Å². The highest BCUT2D eigenvalue weighted by atomic mass is 16.5. The third-order valence-corrected chi connectivity index (χ3v) is 3.77. The van der Waals surface area contributed by atoms with Gasteiger partial charge in [-0.25, -0.2) is 0 Å². The molecule has 2 aromatic rings. The Morgan fingerprint density at radius 3 is 2.52 bits per heavy atom. The molecule has 3 rings (SSSR count). The summed E-state index contributed by atoms with van der Waals surface area (Å²) in [6, 6.07) is 6.84. The fourth-order valence-electron chi connectivity index (χ4n) is 2.41. The number of carbonyl (C=O) groups excluding carboxylic acids is 2. The van der Waals surface area contributed by atoms with Crippen LogP contribution in [0.1, 0.15) is 42.3 Å². The van der Waals surface area contributed by atoms with Gasteiger partial charge in [-0.15, -0.1) is 0 Å². The topological polar surface area (TPSA) is 65.5 Å². The van der Waals surface area contributed by atoms with E-state index in [0.29, 0.717) is 22.6 Å². The van der Waals surface area contributed by atoms with Gasteiger partial charge in [0.2, 0.25) is 5.78 Å². The van der Waals surface area contributed by atoms with Gasteiger partial charge in [-0.3, -0.25) is 14.6 Å². The van der Waals surface area contributed by atoms with Crippen LogP contribution in [0.3, 0.4) is 0 Å². The minimum absolute atomic E-state index is 0.182. The fourth-order valence-corrected chi connectivity index (χ4v) is 2.41. The minimum Gasteiger partial charge on any atom is -0.452 e. The van der Waals surface area contributed by atoms with Gasteiger partial charge in [0.1, 0.15) is 11.5 Å². The Labute approximate surface area is 146 Å². The highest BCUT2D eigenvalue weighted by Gasteiger charge is 2.31.